The van der Waals surface area contributed by atoms with Crippen molar-refractivity contribution in [3.8, 4) is 10.6 Å². The number of thiazole rings is 1. The molecule has 2 aromatic heterocycles. The Morgan fingerprint density at radius 2 is 1.86 bits per heavy atom. The normalized spacial score (nSPS) is 11.5. The first-order valence-corrected chi connectivity index (χ1v) is 7.81. The van der Waals surface area contributed by atoms with Crippen LogP contribution < -0.4 is 0 Å². The molecule has 2 heterocycles. The molecular formula is C16H20N2O2S. The number of carbonyl (C=O) groups is 1. The number of pyridine rings is 1. The van der Waals surface area contributed by atoms with E-state index in [0.29, 0.717) is 6.61 Å². The predicted octanol–water partition coefficient (Wildman–Crippen LogP) is 3.66. The van der Waals surface area contributed by atoms with E-state index in [2.05, 4.69) is 9.97 Å². The fraction of sp³-hybridized carbons (Fsp3) is 0.438. The monoisotopic (exact) mass is 304 g/mol. The summed E-state index contributed by atoms with van der Waals surface area (Å²) < 4.78 is 5.13. The van der Waals surface area contributed by atoms with Crippen LogP contribution in [0.4, 0.5) is 0 Å². The SMILES string of the molecule is CCOC(=O)C(C)(C)c1csc(-c2cc(C)nc(C)c2)n1. The van der Waals surface area contributed by atoms with E-state index in [4.69, 9.17) is 4.74 Å². The summed E-state index contributed by atoms with van der Waals surface area (Å²) in [7, 11) is 0. The van der Waals surface area contributed by atoms with Crippen LogP contribution in [0.2, 0.25) is 0 Å². The summed E-state index contributed by atoms with van der Waals surface area (Å²) in [5.41, 5.74) is 2.98. The molecule has 0 atom stereocenters. The van der Waals surface area contributed by atoms with Crippen molar-refractivity contribution in [2.45, 2.75) is 40.0 Å². The van der Waals surface area contributed by atoms with Gasteiger partial charge in [0.2, 0.25) is 0 Å². The maximum Gasteiger partial charge on any atom is 0.317 e. The van der Waals surface area contributed by atoms with Gasteiger partial charge in [0.05, 0.1) is 12.3 Å². The average molecular weight is 304 g/mol. The van der Waals surface area contributed by atoms with E-state index in [9.17, 15) is 4.79 Å². The topological polar surface area (TPSA) is 52.1 Å². The van der Waals surface area contributed by atoms with E-state index in [-0.39, 0.29) is 5.97 Å². The lowest BCUT2D eigenvalue weighted by atomic mass is 9.90. The first kappa shape index (κ1) is 15.6. The van der Waals surface area contributed by atoms with E-state index in [0.717, 1.165) is 27.7 Å². The van der Waals surface area contributed by atoms with E-state index >= 15 is 0 Å². The second-order valence-corrected chi connectivity index (χ2v) is 6.38. The van der Waals surface area contributed by atoms with Crippen LogP contribution in [-0.2, 0) is 14.9 Å². The molecule has 0 spiro atoms. The zero-order valence-electron chi connectivity index (χ0n) is 13.1. The lowest BCUT2D eigenvalue weighted by Crippen LogP contribution is -2.31. The van der Waals surface area contributed by atoms with Crippen molar-refractivity contribution >= 4 is 17.3 Å². The van der Waals surface area contributed by atoms with Crippen LogP contribution in [-0.4, -0.2) is 22.5 Å². The van der Waals surface area contributed by atoms with Crippen molar-refractivity contribution in [3.05, 3.63) is 34.6 Å². The molecule has 0 aliphatic heterocycles. The van der Waals surface area contributed by atoms with Gasteiger partial charge in [0.1, 0.15) is 10.4 Å². The van der Waals surface area contributed by atoms with Gasteiger partial charge in [-0.15, -0.1) is 11.3 Å². The lowest BCUT2D eigenvalue weighted by molar-refractivity contribution is -0.148. The van der Waals surface area contributed by atoms with Gasteiger partial charge in [0.15, 0.2) is 0 Å². The molecule has 0 unspecified atom stereocenters. The molecule has 0 N–H and O–H groups in total. The molecule has 0 bridgehead atoms. The number of aromatic nitrogens is 2. The van der Waals surface area contributed by atoms with Gasteiger partial charge in [-0.05, 0) is 46.8 Å². The van der Waals surface area contributed by atoms with Crippen LogP contribution in [0, 0.1) is 13.8 Å². The Kier molecular flexibility index (Phi) is 4.42. The Bertz CT molecular complexity index is 642. The Morgan fingerprint density at radius 1 is 1.24 bits per heavy atom. The number of rotatable bonds is 4. The fourth-order valence-corrected chi connectivity index (χ4v) is 3.04. The van der Waals surface area contributed by atoms with Crippen molar-refractivity contribution in [2.75, 3.05) is 6.61 Å². The standard InChI is InChI=1S/C16H20N2O2S/c1-6-20-15(19)16(4,5)13-9-21-14(18-13)12-7-10(2)17-11(3)8-12/h7-9H,6H2,1-5H3. The Hall–Kier alpha value is -1.75. The minimum Gasteiger partial charge on any atom is -0.465 e. The van der Waals surface area contributed by atoms with Crippen LogP contribution in [0.15, 0.2) is 17.5 Å². The van der Waals surface area contributed by atoms with Crippen LogP contribution in [0.1, 0.15) is 37.9 Å². The van der Waals surface area contributed by atoms with Gasteiger partial charge in [-0.3, -0.25) is 9.78 Å². The Labute approximate surface area is 129 Å². The number of hydrogen-bond donors (Lipinski definition) is 0. The summed E-state index contributed by atoms with van der Waals surface area (Å²) in [6.45, 7) is 9.80. The van der Waals surface area contributed by atoms with Gasteiger partial charge in [-0.1, -0.05) is 0 Å². The van der Waals surface area contributed by atoms with Crippen molar-refractivity contribution in [1.29, 1.82) is 0 Å². The third-order valence-corrected chi connectivity index (χ3v) is 4.15. The van der Waals surface area contributed by atoms with Crippen LogP contribution in [0.5, 0.6) is 0 Å². The molecule has 0 aromatic carbocycles. The molecule has 0 aliphatic carbocycles. The lowest BCUT2D eigenvalue weighted by Gasteiger charge is -2.19. The van der Waals surface area contributed by atoms with Gasteiger partial charge in [-0.25, -0.2) is 4.98 Å². The number of hydrogen-bond acceptors (Lipinski definition) is 5. The highest BCUT2D eigenvalue weighted by molar-refractivity contribution is 7.13. The summed E-state index contributed by atoms with van der Waals surface area (Å²) in [6.07, 6.45) is 0. The molecule has 0 aliphatic rings. The fourth-order valence-electron chi connectivity index (χ4n) is 2.07. The summed E-state index contributed by atoms with van der Waals surface area (Å²) in [4.78, 5) is 21.0. The molecular weight excluding hydrogens is 284 g/mol. The molecule has 4 nitrogen and oxygen atoms in total. The predicted molar refractivity (Wildman–Crippen MR) is 84.5 cm³/mol. The highest BCUT2D eigenvalue weighted by Crippen LogP contribution is 2.31. The summed E-state index contributed by atoms with van der Waals surface area (Å²) in [6, 6.07) is 4.01. The highest BCUT2D eigenvalue weighted by Gasteiger charge is 2.34. The van der Waals surface area contributed by atoms with Crippen molar-refractivity contribution in [2.24, 2.45) is 0 Å². The van der Waals surface area contributed by atoms with Crippen LogP contribution in [0.25, 0.3) is 10.6 Å². The summed E-state index contributed by atoms with van der Waals surface area (Å²) in [5.74, 6) is -0.246. The minimum atomic E-state index is -0.734. The number of nitrogens with zero attached hydrogens (tertiary/aromatic N) is 2. The summed E-state index contributed by atoms with van der Waals surface area (Å²) >= 11 is 1.54. The van der Waals surface area contributed by atoms with E-state index in [1.807, 2.05) is 52.1 Å². The van der Waals surface area contributed by atoms with Gasteiger partial charge >= 0.3 is 5.97 Å². The molecule has 5 heteroatoms. The summed E-state index contributed by atoms with van der Waals surface area (Å²) in [5, 5.41) is 2.83. The quantitative estimate of drug-likeness (QED) is 0.809. The van der Waals surface area contributed by atoms with E-state index < -0.39 is 5.41 Å². The number of ether oxygens (including phenoxy) is 1. The minimum absolute atomic E-state index is 0.246. The highest BCUT2D eigenvalue weighted by atomic mass is 32.1. The third-order valence-electron chi connectivity index (χ3n) is 3.26. The van der Waals surface area contributed by atoms with Gasteiger partial charge in [0, 0.05) is 22.3 Å². The second kappa shape index (κ2) is 5.93. The molecule has 0 saturated heterocycles. The molecule has 0 radical (unpaired) electrons. The van der Waals surface area contributed by atoms with Crippen LogP contribution >= 0.6 is 11.3 Å². The zero-order valence-corrected chi connectivity index (χ0v) is 13.9. The zero-order chi connectivity index (χ0) is 15.6. The van der Waals surface area contributed by atoms with E-state index in [1.54, 1.807) is 0 Å². The Morgan fingerprint density at radius 3 is 2.43 bits per heavy atom. The van der Waals surface area contributed by atoms with E-state index in [1.165, 1.54) is 11.3 Å². The van der Waals surface area contributed by atoms with Gasteiger partial charge < -0.3 is 4.74 Å². The van der Waals surface area contributed by atoms with Crippen molar-refractivity contribution < 1.29 is 9.53 Å². The number of aryl methyl sites for hydroxylation is 2. The maximum absolute atomic E-state index is 12.1. The number of esters is 1. The molecule has 0 fully saturated rings. The average Bonchev–Trinajstić information content (AvgIpc) is 2.88. The molecule has 112 valence electrons. The van der Waals surface area contributed by atoms with Gasteiger partial charge in [-0.2, -0.15) is 0 Å². The third kappa shape index (κ3) is 3.29. The number of carbonyl (C=O) groups excluding carboxylic acids is 1. The largest absolute Gasteiger partial charge is 0.465 e. The molecule has 2 aromatic rings. The van der Waals surface area contributed by atoms with Crippen molar-refractivity contribution in [3.63, 3.8) is 0 Å². The smallest absolute Gasteiger partial charge is 0.317 e. The maximum atomic E-state index is 12.1. The van der Waals surface area contributed by atoms with Gasteiger partial charge in [0.25, 0.3) is 0 Å². The first-order chi connectivity index (χ1) is 9.84. The molecule has 0 amide bonds. The molecule has 0 saturated carbocycles. The molecule has 2 rings (SSSR count). The molecule has 21 heavy (non-hydrogen) atoms. The second-order valence-electron chi connectivity index (χ2n) is 5.52. The van der Waals surface area contributed by atoms with Crippen molar-refractivity contribution in [1.82, 2.24) is 9.97 Å². The Balaban J connectivity index is 2.35. The first-order valence-electron chi connectivity index (χ1n) is 6.93. The van der Waals surface area contributed by atoms with Crippen LogP contribution in [0.3, 0.4) is 0 Å².